The highest BCUT2D eigenvalue weighted by Crippen LogP contribution is 2.33. The summed E-state index contributed by atoms with van der Waals surface area (Å²) in [5.41, 5.74) is 0.525. The van der Waals surface area contributed by atoms with E-state index < -0.39 is 54.5 Å². The minimum absolute atomic E-state index is 0.0630. The van der Waals surface area contributed by atoms with Gasteiger partial charge in [-0.1, -0.05) is 12.1 Å². The highest BCUT2D eigenvalue weighted by Gasteiger charge is 2.44. The van der Waals surface area contributed by atoms with Crippen LogP contribution in [0.15, 0.2) is 82.0 Å². The second-order valence-electron chi connectivity index (χ2n) is 9.48. The Morgan fingerprint density at radius 2 is 1.60 bits per heavy atom. The molecule has 3 aromatic carbocycles. The fourth-order valence-corrected chi connectivity index (χ4v) is 4.34. The molecule has 1 aliphatic rings. The van der Waals surface area contributed by atoms with Crippen LogP contribution < -0.4 is 14.9 Å². The molecule has 1 aliphatic heterocycles. The molecule has 1 aromatic heterocycles. The van der Waals surface area contributed by atoms with Crippen LogP contribution >= 0.6 is 0 Å². The third-order valence-electron chi connectivity index (χ3n) is 6.55. The highest BCUT2D eigenvalue weighted by atomic mass is 16.7. The summed E-state index contributed by atoms with van der Waals surface area (Å²) < 4.78 is 22.0. The Balaban J connectivity index is 1.34. The number of aromatic hydroxyl groups is 2. The van der Waals surface area contributed by atoms with E-state index in [4.69, 9.17) is 18.6 Å². The number of carbonyl (C=O) groups is 1. The number of carbonyl (C=O) groups excluding carboxylic acids is 1. The quantitative estimate of drug-likeness (QED) is 0.106. The van der Waals surface area contributed by atoms with Crippen molar-refractivity contribution in [3.8, 4) is 34.3 Å². The van der Waals surface area contributed by atoms with Gasteiger partial charge in [0.1, 0.15) is 64.1 Å². The Kier molecular flexibility index (Phi) is 8.24. The van der Waals surface area contributed by atoms with Crippen molar-refractivity contribution in [2.45, 2.75) is 30.7 Å². The largest absolute Gasteiger partial charge is 0.508 e. The molecule has 218 valence electrons. The lowest BCUT2D eigenvalue weighted by molar-refractivity contribution is -0.277. The normalized spacial score (nSPS) is 22.3. The predicted octanol–water partition coefficient (Wildman–Crippen LogP) is 1.67. The lowest BCUT2D eigenvalue weighted by atomic mass is 9.99. The van der Waals surface area contributed by atoms with Crippen molar-refractivity contribution in [3.05, 3.63) is 88.6 Å². The number of ether oxygens (including phenoxy) is 3. The zero-order valence-electron chi connectivity index (χ0n) is 21.7. The summed E-state index contributed by atoms with van der Waals surface area (Å²) in [7, 11) is 0. The molecular weight excluding hydrogens is 552 g/mol. The minimum atomic E-state index is -1.69. The van der Waals surface area contributed by atoms with Crippen LogP contribution in [0.25, 0.3) is 28.4 Å². The summed E-state index contributed by atoms with van der Waals surface area (Å²) in [6.07, 6.45) is -4.88. The molecule has 5 atom stereocenters. The molecule has 2 heterocycles. The van der Waals surface area contributed by atoms with E-state index in [0.717, 1.165) is 6.07 Å². The van der Waals surface area contributed by atoms with Crippen LogP contribution in [-0.4, -0.2) is 73.9 Å². The number of aliphatic hydroxyl groups excluding tert-OH is 4. The lowest BCUT2D eigenvalue weighted by Crippen LogP contribution is -2.60. The maximum Gasteiger partial charge on any atom is 0.336 e. The molecule has 12 nitrogen and oxygen atoms in total. The number of phenols is 2. The van der Waals surface area contributed by atoms with Crippen LogP contribution in [0.4, 0.5) is 0 Å². The number of esters is 1. The van der Waals surface area contributed by atoms with Gasteiger partial charge in [-0.2, -0.15) is 0 Å². The van der Waals surface area contributed by atoms with E-state index in [0.29, 0.717) is 11.1 Å². The van der Waals surface area contributed by atoms with Gasteiger partial charge >= 0.3 is 5.97 Å². The number of aliphatic hydroxyl groups is 4. The van der Waals surface area contributed by atoms with Gasteiger partial charge in [0.05, 0.1) is 6.61 Å². The van der Waals surface area contributed by atoms with Crippen LogP contribution in [0.3, 0.4) is 0 Å². The second-order valence-corrected chi connectivity index (χ2v) is 9.48. The third kappa shape index (κ3) is 6.12. The molecule has 0 aliphatic carbocycles. The van der Waals surface area contributed by atoms with Crippen molar-refractivity contribution in [2.75, 3.05) is 6.61 Å². The van der Waals surface area contributed by atoms with Crippen LogP contribution in [0.5, 0.6) is 23.0 Å². The first-order valence-corrected chi connectivity index (χ1v) is 12.7. The van der Waals surface area contributed by atoms with Crippen LogP contribution in [0.1, 0.15) is 5.56 Å². The molecule has 4 aromatic rings. The monoisotopic (exact) mass is 578 g/mol. The number of hydrogen-bond donors (Lipinski definition) is 6. The average Bonchev–Trinajstić information content (AvgIpc) is 2.97. The van der Waals surface area contributed by atoms with E-state index in [2.05, 4.69) is 0 Å². The Hall–Kier alpha value is -4.72. The molecule has 1 saturated heterocycles. The van der Waals surface area contributed by atoms with Gasteiger partial charge in [-0.25, -0.2) is 4.79 Å². The van der Waals surface area contributed by atoms with Crippen molar-refractivity contribution in [2.24, 2.45) is 0 Å². The Morgan fingerprint density at radius 3 is 2.29 bits per heavy atom. The van der Waals surface area contributed by atoms with Gasteiger partial charge in [-0.05, 0) is 48.0 Å². The topological polar surface area (TPSA) is 196 Å². The Morgan fingerprint density at radius 1 is 0.881 bits per heavy atom. The summed E-state index contributed by atoms with van der Waals surface area (Å²) in [6, 6.07) is 15.9. The molecule has 12 heteroatoms. The second kappa shape index (κ2) is 12.0. The highest BCUT2D eigenvalue weighted by molar-refractivity contribution is 5.89. The maximum atomic E-state index is 12.8. The van der Waals surface area contributed by atoms with Crippen molar-refractivity contribution < 1.29 is 54.1 Å². The number of phenolic OH excluding ortho intramolecular Hbond substituents is 2. The molecule has 5 rings (SSSR count). The predicted molar refractivity (Wildman–Crippen MR) is 147 cm³/mol. The molecule has 0 saturated carbocycles. The van der Waals surface area contributed by atoms with Gasteiger partial charge in [-0.3, -0.25) is 4.79 Å². The molecule has 0 spiro atoms. The van der Waals surface area contributed by atoms with Crippen molar-refractivity contribution in [1.82, 2.24) is 0 Å². The average molecular weight is 579 g/mol. The zero-order valence-corrected chi connectivity index (χ0v) is 21.7. The van der Waals surface area contributed by atoms with E-state index in [1.807, 2.05) is 0 Å². The zero-order chi connectivity index (χ0) is 30.0. The molecule has 2 unspecified atom stereocenters. The summed E-state index contributed by atoms with van der Waals surface area (Å²) in [5, 5.41) is 59.3. The summed E-state index contributed by atoms with van der Waals surface area (Å²) in [5.74, 6) is -0.731. The summed E-state index contributed by atoms with van der Waals surface area (Å²) in [4.78, 5) is 25.0. The van der Waals surface area contributed by atoms with Crippen LogP contribution in [0.2, 0.25) is 0 Å². The molecule has 1 fully saturated rings. The van der Waals surface area contributed by atoms with Gasteiger partial charge in [-0.15, -0.1) is 0 Å². The Labute approximate surface area is 237 Å². The van der Waals surface area contributed by atoms with E-state index in [1.165, 1.54) is 48.6 Å². The molecule has 42 heavy (non-hydrogen) atoms. The molecule has 6 N–H and O–H groups in total. The third-order valence-corrected chi connectivity index (χ3v) is 6.55. The van der Waals surface area contributed by atoms with Crippen molar-refractivity contribution >= 4 is 23.0 Å². The summed E-state index contributed by atoms with van der Waals surface area (Å²) >= 11 is 0. The Bertz CT molecular complexity index is 1660. The number of benzene rings is 3. The van der Waals surface area contributed by atoms with Gasteiger partial charge in [0.15, 0.2) is 5.43 Å². The van der Waals surface area contributed by atoms with Crippen molar-refractivity contribution in [1.29, 1.82) is 0 Å². The fourth-order valence-electron chi connectivity index (χ4n) is 4.34. The van der Waals surface area contributed by atoms with Crippen LogP contribution in [-0.2, 0) is 9.53 Å². The molecule has 0 radical (unpaired) electrons. The van der Waals surface area contributed by atoms with E-state index in [1.54, 1.807) is 24.3 Å². The minimum Gasteiger partial charge on any atom is -0.508 e. The first-order chi connectivity index (χ1) is 20.1. The molecule has 0 amide bonds. The smallest absolute Gasteiger partial charge is 0.336 e. The van der Waals surface area contributed by atoms with E-state index in [-0.39, 0.29) is 34.0 Å². The number of hydrogen-bond acceptors (Lipinski definition) is 12. The van der Waals surface area contributed by atoms with Crippen LogP contribution in [0, 0.1) is 0 Å². The number of fused-ring (bicyclic) bond motifs is 1. The first kappa shape index (κ1) is 28.8. The van der Waals surface area contributed by atoms with Gasteiger partial charge < -0.3 is 49.3 Å². The molecule has 0 bridgehead atoms. The van der Waals surface area contributed by atoms with Gasteiger partial charge in [0.25, 0.3) is 0 Å². The number of rotatable bonds is 7. The van der Waals surface area contributed by atoms with Gasteiger partial charge in [0.2, 0.25) is 6.29 Å². The fraction of sp³-hybridized carbons (Fsp3) is 0.200. The first-order valence-electron chi connectivity index (χ1n) is 12.7. The van der Waals surface area contributed by atoms with Crippen molar-refractivity contribution in [3.63, 3.8) is 0 Å². The molecular formula is C30H26O12. The van der Waals surface area contributed by atoms with E-state index >= 15 is 0 Å². The summed E-state index contributed by atoms with van der Waals surface area (Å²) in [6.45, 7) is -0.652. The maximum absolute atomic E-state index is 12.8. The standard InChI is InChI=1S/C30H26O12/c31-14-24-27(36)28(37)29(38)30(42-24)40-19-11-20(33)26-21(34)13-22(41-23(26)12-19)16-4-8-18(9-5-16)39-25(35)10-3-15-1-6-17(32)7-2-15/h1-13,24,27-33,36-38H,14H2/b10-3+/t24?,27-,28+,29?,30-/m1/s1. The SMILES string of the molecule is O=C(/C=C/c1ccc(O)cc1)Oc1ccc(-c2cc(=O)c3c(O)cc(O[C@@H]4OC(CO)[C@@H](O)[C@H](O)C4O)cc3o2)cc1. The van der Waals surface area contributed by atoms with E-state index in [9.17, 15) is 40.2 Å². The van der Waals surface area contributed by atoms with Gasteiger partial charge in [0, 0.05) is 29.8 Å². The lowest BCUT2D eigenvalue weighted by Gasteiger charge is -2.39.